The van der Waals surface area contributed by atoms with Crippen LogP contribution in [0.5, 0.6) is 0 Å². The molecule has 2 saturated heterocycles. The van der Waals surface area contributed by atoms with Crippen LogP contribution in [-0.2, 0) is 16.0 Å². The maximum atomic E-state index is 11.9. The fourth-order valence-electron chi connectivity index (χ4n) is 2.86. The molecule has 0 spiro atoms. The summed E-state index contributed by atoms with van der Waals surface area (Å²) >= 11 is 0. The lowest BCUT2D eigenvalue weighted by Crippen LogP contribution is -2.51. The molecule has 2 N–H and O–H groups in total. The molecule has 1 atom stereocenters. The molecule has 0 aromatic heterocycles. The van der Waals surface area contributed by atoms with Gasteiger partial charge in [-0.1, -0.05) is 12.1 Å². The number of nitrogens with one attached hydrogen (secondary N) is 2. The monoisotopic (exact) mass is 273 g/mol. The number of anilines is 1. The van der Waals surface area contributed by atoms with Crippen molar-refractivity contribution < 1.29 is 9.59 Å². The molecule has 0 aliphatic carbocycles. The van der Waals surface area contributed by atoms with Crippen molar-refractivity contribution in [3.63, 3.8) is 0 Å². The first-order valence-electron chi connectivity index (χ1n) is 7.12. The Bertz CT molecular complexity index is 524. The molecule has 2 fully saturated rings. The first kappa shape index (κ1) is 13.1. The van der Waals surface area contributed by atoms with E-state index in [1.165, 1.54) is 18.4 Å². The van der Waals surface area contributed by atoms with Gasteiger partial charge >= 0.3 is 0 Å². The highest BCUT2D eigenvalue weighted by Crippen LogP contribution is 2.20. The third kappa shape index (κ3) is 2.82. The topological polar surface area (TPSA) is 61.4 Å². The standard InChI is InChI=1S/C15H19N3O2/c19-14-10-18(15(20)9-17-14)13-5-1-3-11(8-13)7-12-4-2-6-16-12/h1,3,5,8,12,16H,2,4,6-7,9-10H2,(H,17,19). The van der Waals surface area contributed by atoms with Crippen LogP contribution in [0.4, 0.5) is 5.69 Å². The summed E-state index contributed by atoms with van der Waals surface area (Å²) in [6, 6.07) is 8.49. The van der Waals surface area contributed by atoms with Crippen LogP contribution in [0.3, 0.4) is 0 Å². The molecule has 1 unspecified atom stereocenters. The van der Waals surface area contributed by atoms with Crippen LogP contribution in [-0.4, -0.2) is 37.5 Å². The van der Waals surface area contributed by atoms with Crippen LogP contribution in [0.15, 0.2) is 24.3 Å². The molecule has 20 heavy (non-hydrogen) atoms. The zero-order valence-electron chi connectivity index (χ0n) is 11.4. The minimum Gasteiger partial charge on any atom is -0.345 e. The van der Waals surface area contributed by atoms with Crippen LogP contribution in [0.25, 0.3) is 0 Å². The lowest BCUT2D eigenvalue weighted by Gasteiger charge is -2.27. The average molecular weight is 273 g/mol. The second kappa shape index (κ2) is 5.63. The number of piperazine rings is 1. The molecular formula is C15H19N3O2. The van der Waals surface area contributed by atoms with E-state index in [1.54, 1.807) is 4.90 Å². The molecule has 2 aliphatic heterocycles. The minimum atomic E-state index is -0.104. The molecule has 0 radical (unpaired) electrons. The van der Waals surface area contributed by atoms with E-state index in [-0.39, 0.29) is 24.9 Å². The molecule has 1 aromatic carbocycles. The molecular weight excluding hydrogens is 254 g/mol. The van der Waals surface area contributed by atoms with Gasteiger partial charge in [0.1, 0.15) is 6.54 Å². The minimum absolute atomic E-state index is 0.0549. The van der Waals surface area contributed by atoms with Crippen LogP contribution in [0.1, 0.15) is 18.4 Å². The fourth-order valence-corrected chi connectivity index (χ4v) is 2.86. The molecule has 2 amide bonds. The molecule has 3 rings (SSSR count). The highest BCUT2D eigenvalue weighted by molar-refractivity contribution is 6.04. The zero-order chi connectivity index (χ0) is 13.9. The molecule has 5 nitrogen and oxygen atoms in total. The predicted molar refractivity (Wildman–Crippen MR) is 76.5 cm³/mol. The average Bonchev–Trinajstić information content (AvgIpc) is 2.95. The van der Waals surface area contributed by atoms with Crippen molar-refractivity contribution >= 4 is 17.5 Å². The van der Waals surface area contributed by atoms with E-state index < -0.39 is 0 Å². The maximum absolute atomic E-state index is 11.9. The predicted octanol–water partition coefficient (Wildman–Crippen LogP) is 0.444. The lowest BCUT2D eigenvalue weighted by atomic mass is 10.0. The largest absolute Gasteiger partial charge is 0.345 e. The Hall–Kier alpha value is -1.88. The number of hydrogen-bond acceptors (Lipinski definition) is 3. The molecule has 106 valence electrons. The van der Waals surface area contributed by atoms with Crippen molar-refractivity contribution in [2.45, 2.75) is 25.3 Å². The normalized spacial score (nSPS) is 23.0. The third-order valence-corrected chi connectivity index (χ3v) is 3.91. The maximum Gasteiger partial charge on any atom is 0.246 e. The van der Waals surface area contributed by atoms with Gasteiger partial charge in [0, 0.05) is 11.7 Å². The van der Waals surface area contributed by atoms with Crippen LogP contribution in [0.2, 0.25) is 0 Å². The van der Waals surface area contributed by atoms with Crippen molar-refractivity contribution in [1.82, 2.24) is 10.6 Å². The van der Waals surface area contributed by atoms with Crippen LogP contribution in [0, 0.1) is 0 Å². The van der Waals surface area contributed by atoms with E-state index in [2.05, 4.69) is 16.7 Å². The van der Waals surface area contributed by atoms with E-state index in [9.17, 15) is 9.59 Å². The van der Waals surface area contributed by atoms with E-state index in [0.29, 0.717) is 6.04 Å². The highest BCUT2D eigenvalue weighted by Gasteiger charge is 2.24. The summed E-state index contributed by atoms with van der Waals surface area (Å²) in [5.41, 5.74) is 2.03. The van der Waals surface area contributed by atoms with Gasteiger partial charge in [-0.15, -0.1) is 0 Å². The van der Waals surface area contributed by atoms with Gasteiger partial charge < -0.3 is 15.5 Å². The summed E-state index contributed by atoms with van der Waals surface area (Å²) in [4.78, 5) is 24.9. The summed E-state index contributed by atoms with van der Waals surface area (Å²) < 4.78 is 0. The Kier molecular flexibility index (Phi) is 3.69. The Morgan fingerprint density at radius 1 is 1.30 bits per heavy atom. The number of carbonyl (C=O) groups excluding carboxylic acids is 2. The molecule has 0 saturated carbocycles. The van der Waals surface area contributed by atoms with Crippen LogP contribution < -0.4 is 15.5 Å². The van der Waals surface area contributed by atoms with Gasteiger partial charge in [-0.2, -0.15) is 0 Å². The van der Waals surface area contributed by atoms with Gasteiger partial charge in [-0.3, -0.25) is 9.59 Å². The Labute approximate surface area is 118 Å². The number of carbonyl (C=O) groups is 2. The van der Waals surface area contributed by atoms with Gasteiger partial charge in [0.05, 0.1) is 6.54 Å². The van der Waals surface area contributed by atoms with Gasteiger partial charge in [0.2, 0.25) is 11.8 Å². The van der Waals surface area contributed by atoms with Gasteiger partial charge in [0.25, 0.3) is 0 Å². The van der Waals surface area contributed by atoms with Crippen molar-refractivity contribution in [1.29, 1.82) is 0 Å². The first-order chi connectivity index (χ1) is 9.72. The van der Waals surface area contributed by atoms with Crippen molar-refractivity contribution in [3.8, 4) is 0 Å². The van der Waals surface area contributed by atoms with Crippen molar-refractivity contribution in [2.24, 2.45) is 0 Å². The van der Waals surface area contributed by atoms with E-state index in [4.69, 9.17) is 0 Å². The zero-order valence-corrected chi connectivity index (χ0v) is 11.4. The van der Waals surface area contributed by atoms with Gasteiger partial charge in [-0.25, -0.2) is 0 Å². The summed E-state index contributed by atoms with van der Waals surface area (Å²) in [6.07, 6.45) is 3.41. The first-order valence-corrected chi connectivity index (χ1v) is 7.12. The highest BCUT2D eigenvalue weighted by atomic mass is 16.2. The Morgan fingerprint density at radius 2 is 2.20 bits per heavy atom. The molecule has 0 bridgehead atoms. The second-order valence-electron chi connectivity index (χ2n) is 5.42. The van der Waals surface area contributed by atoms with Gasteiger partial charge in [0.15, 0.2) is 0 Å². The van der Waals surface area contributed by atoms with E-state index in [1.807, 2.05) is 18.2 Å². The smallest absolute Gasteiger partial charge is 0.246 e. The molecule has 5 heteroatoms. The number of amides is 2. The fraction of sp³-hybridized carbons (Fsp3) is 0.467. The number of hydrogen-bond donors (Lipinski definition) is 2. The number of benzene rings is 1. The summed E-state index contributed by atoms with van der Waals surface area (Å²) in [5, 5.41) is 6.04. The Morgan fingerprint density at radius 3 is 3.00 bits per heavy atom. The van der Waals surface area contributed by atoms with Crippen molar-refractivity contribution in [2.75, 3.05) is 24.5 Å². The van der Waals surface area contributed by atoms with E-state index >= 15 is 0 Å². The molecule has 1 aromatic rings. The number of rotatable bonds is 3. The third-order valence-electron chi connectivity index (χ3n) is 3.91. The van der Waals surface area contributed by atoms with Crippen LogP contribution >= 0.6 is 0 Å². The Balaban J connectivity index is 1.75. The molecule has 2 heterocycles. The molecule has 2 aliphatic rings. The SMILES string of the molecule is O=C1CN(c2cccc(CC3CCCN3)c2)C(=O)CN1. The summed E-state index contributed by atoms with van der Waals surface area (Å²) in [7, 11) is 0. The summed E-state index contributed by atoms with van der Waals surface area (Å²) in [6.45, 7) is 1.30. The number of nitrogens with zero attached hydrogens (tertiary/aromatic N) is 1. The second-order valence-corrected chi connectivity index (χ2v) is 5.42. The quantitative estimate of drug-likeness (QED) is 0.840. The van der Waals surface area contributed by atoms with Crippen molar-refractivity contribution in [3.05, 3.63) is 29.8 Å². The van der Waals surface area contributed by atoms with Gasteiger partial charge in [-0.05, 0) is 43.5 Å². The lowest BCUT2D eigenvalue weighted by molar-refractivity contribution is -0.128. The summed E-state index contributed by atoms with van der Waals surface area (Å²) in [5.74, 6) is -0.159. The van der Waals surface area contributed by atoms with E-state index in [0.717, 1.165) is 18.7 Å².